The maximum Gasteiger partial charge on any atom is 0.309 e. The summed E-state index contributed by atoms with van der Waals surface area (Å²) < 4.78 is 32.5. The van der Waals surface area contributed by atoms with Crippen molar-refractivity contribution in [3.8, 4) is 0 Å². The van der Waals surface area contributed by atoms with E-state index in [2.05, 4.69) is 4.72 Å². The molecule has 1 fully saturated rings. The third kappa shape index (κ3) is 7.03. The van der Waals surface area contributed by atoms with Gasteiger partial charge in [-0.25, -0.2) is 13.1 Å². The molecule has 2 amide bonds. The van der Waals surface area contributed by atoms with Crippen LogP contribution in [0.3, 0.4) is 0 Å². The number of carbonyl (C=O) groups excluding carboxylic acids is 3. The van der Waals surface area contributed by atoms with Gasteiger partial charge < -0.3 is 14.5 Å². The topological polar surface area (TPSA) is 113 Å². The van der Waals surface area contributed by atoms with E-state index < -0.39 is 10.0 Å². The van der Waals surface area contributed by atoms with E-state index >= 15 is 0 Å². The molecule has 1 aliphatic rings. The number of carbonyl (C=O) groups is 3. The van der Waals surface area contributed by atoms with Gasteiger partial charge in [0.2, 0.25) is 21.8 Å². The molecular weight excluding hydrogens is 434 g/mol. The summed E-state index contributed by atoms with van der Waals surface area (Å²) in [6, 6.07) is 5.17. The van der Waals surface area contributed by atoms with Crippen LogP contribution in [0.4, 0.5) is 0 Å². The van der Waals surface area contributed by atoms with Crippen LogP contribution in [0.2, 0.25) is 0 Å². The van der Waals surface area contributed by atoms with E-state index in [1.54, 1.807) is 30.9 Å². The van der Waals surface area contributed by atoms with Crippen LogP contribution in [0, 0.1) is 19.8 Å². The number of nitrogens with one attached hydrogen (secondary N) is 1. The van der Waals surface area contributed by atoms with Crippen molar-refractivity contribution in [1.82, 2.24) is 14.5 Å². The van der Waals surface area contributed by atoms with Gasteiger partial charge in [-0.15, -0.1) is 0 Å². The van der Waals surface area contributed by atoms with Gasteiger partial charge in [0, 0.05) is 33.1 Å². The number of likely N-dealkylation sites (tertiary alicyclic amines) is 1. The molecule has 0 atom stereocenters. The van der Waals surface area contributed by atoms with Gasteiger partial charge in [0.1, 0.15) is 0 Å². The van der Waals surface area contributed by atoms with Crippen molar-refractivity contribution in [1.29, 1.82) is 0 Å². The first-order valence-electron chi connectivity index (χ1n) is 10.8. The van der Waals surface area contributed by atoms with Crippen LogP contribution in [0.15, 0.2) is 23.1 Å². The zero-order valence-electron chi connectivity index (χ0n) is 19.2. The number of rotatable bonds is 9. The molecule has 1 aliphatic heterocycles. The third-order valence-electron chi connectivity index (χ3n) is 5.53. The van der Waals surface area contributed by atoms with Crippen LogP contribution in [-0.2, 0) is 29.1 Å². The standard InChI is InChI=1S/C22H33N3O6S/c1-5-31-22(28)18-9-12-25(13-10-18)21(27)15-24(4)20(26)8-11-23-32(29,30)19-14-16(2)6-7-17(19)3/h6-7,14,18,23H,5,8-13,15H2,1-4H3. The molecule has 0 unspecified atom stereocenters. The molecule has 32 heavy (non-hydrogen) atoms. The maximum atomic E-state index is 12.5. The van der Waals surface area contributed by atoms with Gasteiger partial charge in [0.25, 0.3) is 0 Å². The number of sulfonamides is 1. The van der Waals surface area contributed by atoms with Gasteiger partial charge in [-0.3, -0.25) is 14.4 Å². The zero-order valence-corrected chi connectivity index (χ0v) is 20.0. The van der Waals surface area contributed by atoms with Gasteiger partial charge in [0.05, 0.1) is 24.0 Å². The molecule has 10 heteroatoms. The molecule has 0 aromatic heterocycles. The number of aryl methyl sites for hydroxylation is 2. The number of esters is 1. The Kier molecular flexibility index (Phi) is 9.21. The molecule has 1 aromatic rings. The molecule has 0 bridgehead atoms. The lowest BCUT2D eigenvalue weighted by atomic mass is 9.97. The largest absolute Gasteiger partial charge is 0.466 e. The van der Waals surface area contributed by atoms with Gasteiger partial charge in [0.15, 0.2) is 0 Å². The quantitative estimate of drug-likeness (QED) is 0.547. The summed E-state index contributed by atoms with van der Waals surface area (Å²) in [5.41, 5.74) is 1.46. The van der Waals surface area contributed by atoms with Crippen molar-refractivity contribution in [2.75, 3.05) is 39.8 Å². The number of hydrogen-bond donors (Lipinski definition) is 1. The van der Waals surface area contributed by atoms with Gasteiger partial charge in [-0.05, 0) is 50.8 Å². The minimum absolute atomic E-state index is 0.0567. The predicted molar refractivity (Wildman–Crippen MR) is 119 cm³/mol. The summed E-state index contributed by atoms with van der Waals surface area (Å²) in [4.78, 5) is 39.8. The average Bonchev–Trinajstić information content (AvgIpc) is 2.75. The van der Waals surface area contributed by atoms with Crippen molar-refractivity contribution < 1.29 is 27.5 Å². The summed E-state index contributed by atoms with van der Waals surface area (Å²) in [6.45, 7) is 6.37. The fourth-order valence-electron chi connectivity index (χ4n) is 3.57. The lowest BCUT2D eigenvalue weighted by Gasteiger charge is -2.32. The Balaban J connectivity index is 1.79. The maximum absolute atomic E-state index is 12.5. The molecule has 1 saturated heterocycles. The Hall–Kier alpha value is -2.46. The van der Waals surface area contributed by atoms with Gasteiger partial charge in [-0.2, -0.15) is 0 Å². The molecule has 9 nitrogen and oxygen atoms in total. The second kappa shape index (κ2) is 11.4. The first-order valence-corrected chi connectivity index (χ1v) is 12.3. The van der Waals surface area contributed by atoms with Crippen LogP contribution < -0.4 is 4.72 Å². The van der Waals surface area contributed by atoms with E-state index in [0.29, 0.717) is 38.1 Å². The smallest absolute Gasteiger partial charge is 0.309 e. The minimum Gasteiger partial charge on any atom is -0.466 e. The lowest BCUT2D eigenvalue weighted by molar-refractivity contribution is -0.151. The number of hydrogen-bond acceptors (Lipinski definition) is 6. The van der Waals surface area contributed by atoms with E-state index in [4.69, 9.17) is 4.74 Å². The fraction of sp³-hybridized carbons (Fsp3) is 0.591. The number of ether oxygens (including phenoxy) is 1. The van der Waals surface area contributed by atoms with Crippen LogP contribution in [0.5, 0.6) is 0 Å². The molecule has 0 spiro atoms. The Labute approximate surface area is 190 Å². The van der Waals surface area contributed by atoms with Crippen LogP contribution in [-0.4, -0.2) is 75.8 Å². The highest BCUT2D eigenvalue weighted by atomic mass is 32.2. The molecule has 1 heterocycles. The van der Waals surface area contributed by atoms with E-state index in [1.807, 2.05) is 13.0 Å². The molecule has 0 radical (unpaired) electrons. The summed E-state index contributed by atoms with van der Waals surface area (Å²) >= 11 is 0. The van der Waals surface area contributed by atoms with E-state index in [0.717, 1.165) is 5.56 Å². The summed E-state index contributed by atoms with van der Waals surface area (Å²) in [5, 5.41) is 0. The molecule has 2 rings (SSSR count). The Morgan fingerprint density at radius 3 is 2.47 bits per heavy atom. The Bertz CT molecular complexity index is 939. The molecule has 178 valence electrons. The molecule has 1 aromatic carbocycles. The summed E-state index contributed by atoms with van der Waals surface area (Å²) in [6.07, 6.45) is 1.03. The Morgan fingerprint density at radius 1 is 1.19 bits per heavy atom. The van der Waals surface area contributed by atoms with Crippen molar-refractivity contribution in [2.24, 2.45) is 5.92 Å². The highest BCUT2D eigenvalue weighted by molar-refractivity contribution is 7.89. The van der Waals surface area contributed by atoms with Gasteiger partial charge in [-0.1, -0.05) is 12.1 Å². The minimum atomic E-state index is -3.73. The highest BCUT2D eigenvalue weighted by Gasteiger charge is 2.29. The van der Waals surface area contributed by atoms with Crippen molar-refractivity contribution in [3.05, 3.63) is 29.3 Å². The van der Waals surface area contributed by atoms with Crippen LogP contribution >= 0.6 is 0 Å². The number of nitrogens with zero attached hydrogens (tertiary/aromatic N) is 2. The van der Waals surface area contributed by atoms with Crippen LogP contribution in [0.25, 0.3) is 0 Å². The molecule has 1 N–H and O–H groups in total. The van der Waals surface area contributed by atoms with Crippen molar-refractivity contribution in [3.63, 3.8) is 0 Å². The van der Waals surface area contributed by atoms with E-state index in [9.17, 15) is 22.8 Å². The highest BCUT2D eigenvalue weighted by Crippen LogP contribution is 2.19. The lowest BCUT2D eigenvalue weighted by Crippen LogP contribution is -2.46. The second-order valence-electron chi connectivity index (χ2n) is 8.07. The SMILES string of the molecule is CCOC(=O)C1CCN(C(=O)CN(C)C(=O)CCNS(=O)(=O)c2cc(C)ccc2C)CC1. The molecular formula is C22H33N3O6S. The second-order valence-corrected chi connectivity index (χ2v) is 9.81. The first kappa shape index (κ1) is 25.8. The number of amides is 2. The van der Waals surface area contributed by atoms with E-state index in [-0.39, 0.29) is 48.1 Å². The first-order chi connectivity index (χ1) is 15.0. The number of likely N-dealkylation sites (N-methyl/N-ethyl adjacent to an activating group) is 1. The van der Waals surface area contributed by atoms with Crippen molar-refractivity contribution >= 4 is 27.8 Å². The zero-order chi connectivity index (χ0) is 23.9. The predicted octanol–water partition coefficient (Wildman–Crippen LogP) is 1.23. The fourth-order valence-corrected chi connectivity index (χ4v) is 4.93. The van der Waals surface area contributed by atoms with Gasteiger partial charge >= 0.3 is 5.97 Å². The van der Waals surface area contributed by atoms with Crippen LogP contribution in [0.1, 0.15) is 37.3 Å². The van der Waals surface area contributed by atoms with E-state index in [1.165, 1.54) is 11.9 Å². The van der Waals surface area contributed by atoms with Crippen molar-refractivity contribution in [2.45, 2.75) is 44.9 Å². The third-order valence-corrected chi connectivity index (χ3v) is 7.13. The number of benzene rings is 1. The normalized spacial score (nSPS) is 14.8. The number of piperidine rings is 1. The average molecular weight is 468 g/mol. The summed E-state index contributed by atoms with van der Waals surface area (Å²) in [7, 11) is -2.21. The Morgan fingerprint density at radius 2 is 1.84 bits per heavy atom. The molecule has 0 saturated carbocycles. The monoisotopic (exact) mass is 467 g/mol. The summed E-state index contributed by atoms with van der Waals surface area (Å²) in [5.74, 6) is -0.943. The molecule has 0 aliphatic carbocycles.